The van der Waals surface area contributed by atoms with Crippen LogP contribution >= 0.6 is 0 Å². The normalized spacial score (nSPS) is 14.2. The number of halogens is 1. The zero-order valence-electron chi connectivity index (χ0n) is 12.2. The monoisotopic (exact) mass is 271 g/mol. The summed E-state index contributed by atoms with van der Waals surface area (Å²) in [4.78, 5) is 2.19. The molecular formula is C18H22FN. The number of hydrogen-bond acceptors (Lipinski definition) is 1. The van der Waals surface area contributed by atoms with Crippen molar-refractivity contribution in [3.8, 4) is 0 Å². The summed E-state index contributed by atoms with van der Waals surface area (Å²) in [7, 11) is 0. The summed E-state index contributed by atoms with van der Waals surface area (Å²) >= 11 is 0. The van der Waals surface area contributed by atoms with Crippen LogP contribution in [0.25, 0.3) is 0 Å². The highest BCUT2D eigenvalue weighted by Gasteiger charge is 2.20. The van der Waals surface area contributed by atoms with Crippen molar-refractivity contribution in [2.75, 3.05) is 0 Å². The van der Waals surface area contributed by atoms with Crippen LogP contribution in [0.1, 0.15) is 25.0 Å². The summed E-state index contributed by atoms with van der Waals surface area (Å²) in [6.07, 6.45) is -0.845. The van der Waals surface area contributed by atoms with Gasteiger partial charge in [0.05, 0.1) is 0 Å². The van der Waals surface area contributed by atoms with Crippen molar-refractivity contribution in [3.05, 3.63) is 71.8 Å². The molecule has 106 valence electrons. The lowest BCUT2D eigenvalue weighted by Crippen LogP contribution is -2.37. The molecule has 2 aromatic carbocycles. The second kappa shape index (κ2) is 7.20. The third kappa shape index (κ3) is 4.17. The predicted molar refractivity (Wildman–Crippen MR) is 82.2 cm³/mol. The molecule has 0 aliphatic carbocycles. The highest BCUT2D eigenvalue weighted by molar-refractivity contribution is 5.17. The van der Waals surface area contributed by atoms with E-state index in [0.717, 1.165) is 13.1 Å². The fraction of sp³-hybridized carbons (Fsp3) is 0.333. The molecule has 2 aromatic rings. The Labute approximate surface area is 121 Å². The molecule has 2 rings (SSSR count). The Kier molecular flexibility index (Phi) is 5.31. The van der Waals surface area contributed by atoms with Crippen LogP contribution in [0.4, 0.5) is 4.39 Å². The number of rotatable bonds is 6. The molecule has 1 unspecified atom stereocenters. The standard InChI is InChI=1S/C18H22FN/c1-15(19)16(2)20(13-17-9-5-3-6-10-17)14-18-11-7-4-8-12-18/h3-12,15-16H,13-14H2,1-2H3/t15?,16-/m0/s1. The molecule has 0 saturated carbocycles. The second-order valence-corrected chi connectivity index (χ2v) is 5.29. The second-order valence-electron chi connectivity index (χ2n) is 5.29. The van der Waals surface area contributed by atoms with Crippen LogP contribution in [-0.2, 0) is 13.1 Å². The largest absolute Gasteiger partial charge is 0.289 e. The van der Waals surface area contributed by atoms with Gasteiger partial charge in [-0.2, -0.15) is 0 Å². The quantitative estimate of drug-likeness (QED) is 0.751. The molecule has 0 aliphatic rings. The van der Waals surface area contributed by atoms with E-state index in [1.807, 2.05) is 43.3 Å². The van der Waals surface area contributed by atoms with E-state index < -0.39 is 6.17 Å². The first kappa shape index (κ1) is 14.7. The van der Waals surface area contributed by atoms with Gasteiger partial charge in [0, 0.05) is 19.1 Å². The summed E-state index contributed by atoms with van der Waals surface area (Å²) in [5, 5.41) is 0. The lowest BCUT2D eigenvalue weighted by Gasteiger charge is -2.30. The molecule has 2 atom stereocenters. The maximum Gasteiger partial charge on any atom is 0.113 e. The van der Waals surface area contributed by atoms with Crippen LogP contribution in [0.5, 0.6) is 0 Å². The molecule has 0 aromatic heterocycles. The molecule has 1 nitrogen and oxygen atoms in total. The molecule has 0 spiro atoms. The van der Waals surface area contributed by atoms with Gasteiger partial charge in [-0.05, 0) is 25.0 Å². The van der Waals surface area contributed by atoms with Crippen molar-refractivity contribution in [2.24, 2.45) is 0 Å². The minimum Gasteiger partial charge on any atom is -0.289 e. The minimum absolute atomic E-state index is 0.101. The highest BCUT2D eigenvalue weighted by Crippen LogP contribution is 2.16. The Balaban J connectivity index is 2.12. The lowest BCUT2D eigenvalue weighted by atomic mass is 10.1. The maximum absolute atomic E-state index is 13.7. The molecule has 0 heterocycles. The smallest absolute Gasteiger partial charge is 0.113 e. The third-order valence-corrected chi connectivity index (χ3v) is 3.70. The predicted octanol–water partition coefficient (Wildman–Crippen LogP) is 4.44. The summed E-state index contributed by atoms with van der Waals surface area (Å²) in [6.45, 7) is 5.13. The average molecular weight is 271 g/mol. The van der Waals surface area contributed by atoms with E-state index in [2.05, 4.69) is 29.2 Å². The van der Waals surface area contributed by atoms with Gasteiger partial charge >= 0.3 is 0 Å². The first-order valence-electron chi connectivity index (χ1n) is 7.13. The average Bonchev–Trinajstić information content (AvgIpc) is 2.48. The number of nitrogens with zero attached hydrogens (tertiary/aromatic N) is 1. The van der Waals surface area contributed by atoms with Gasteiger partial charge in [0.2, 0.25) is 0 Å². The van der Waals surface area contributed by atoms with Crippen LogP contribution < -0.4 is 0 Å². The topological polar surface area (TPSA) is 3.24 Å². The zero-order chi connectivity index (χ0) is 14.4. The fourth-order valence-electron chi connectivity index (χ4n) is 2.27. The lowest BCUT2D eigenvalue weighted by molar-refractivity contribution is 0.117. The Hall–Kier alpha value is -1.67. The van der Waals surface area contributed by atoms with E-state index in [0.29, 0.717) is 0 Å². The van der Waals surface area contributed by atoms with Crippen molar-refractivity contribution in [3.63, 3.8) is 0 Å². The van der Waals surface area contributed by atoms with E-state index in [1.54, 1.807) is 6.92 Å². The van der Waals surface area contributed by atoms with Gasteiger partial charge in [-0.3, -0.25) is 4.90 Å². The molecule has 0 radical (unpaired) electrons. The van der Waals surface area contributed by atoms with Crippen LogP contribution in [-0.4, -0.2) is 17.1 Å². The molecule has 0 saturated heterocycles. The van der Waals surface area contributed by atoms with E-state index in [-0.39, 0.29) is 6.04 Å². The van der Waals surface area contributed by atoms with Crippen LogP contribution in [0.3, 0.4) is 0 Å². The third-order valence-electron chi connectivity index (χ3n) is 3.70. The van der Waals surface area contributed by atoms with Gasteiger partial charge in [-0.15, -0.1) is 0 Å². The summed E-state index contributed by atoms with van der Waals surface area (Å²) < 4.78 is 13.7. The Morgan fingerprint density at radius 3 is 1.55 bits per heavy atom. The summed E-state index contributed by atoms with van der Waals surface area (Å²) in [5.74, 6) is 0. The molecule has 0 fully saturated rings. The Morgan fingerprint density at radius 2 is 1.20 bits per heavy atom. The molecule has 0 N–H and O–H groups in total. The van der Waals surface area contributed by atoms with Crippen LogP contribution in [0.2, 0.25) is 0 Å². The van der Waals surface area contributed by atoms with Gasteiger partial charge in [0.1, 0.15) is 6.17 Å². The molecule has 0 amide bonds. The molecule has 20 heavy (non-hydrogen) atoms. The molecular weight excluding hydrogens is 249 g/mol. The van der Waals surface area contributed by atoms with Gasteiger partial charge in [0.25, 0.3) is 0 Å². The van der Waals surface area contributed by atoms with E-state index >= 15 is 0 Å². The van der Waals surface area contributed by atoms with Crippen molar-refractivity contribution in [2.45, 2.75) is 39.2 Å². The number of benzene rings is 2. The van der Waals surface area contributed by atoms with E-state index in [1.165, 1.54) is 11.1 Å². The van der Waals surface area contributed by atoms with E-state index in [4.69, 9.17) is 0 Å². The van der Waals surface area contributed by atoms with Crippen molar-refractivity contribution in [1.82, 2.24) is 4.90 Å². The van der Waals surface area contributed by atoms with Gasteiger partial charge in [-0.1, -0.05) is 60.7 Å². The molecule has 0 aliphatic heterocycles. The fourth-order valence-corrected chi connectivity index (χ4v) is 2.27. The van der Waals surface area contributed by atoms with Gasteiger partial charge < -0.3 is 0 Å². The molecule has 2 heteroatoms. The summed E-state index contributed by atoms with van der Waals surface area (Å²) in [5.41, 5.74) is 2.44. The Bertz CT molecular complexity index is 454. The minimum atomic E-state index is -0.845. The first-order chi connectivity index (χ1) is 9.66. The van der Waals surface area contributed by atoms with Crippen LogP contribution in [0.15, 0.2) is 60.7 Å². The zero-order valence-corrected chi connectivity index (χ0v) is 12.2. The van der Waals surface area contributed by atoms with E-state index in [9.17, 15) is 4.39 Å². The first-order valence-corrected chi connectivity index (χ1v) is 7.13. The SMILES string of the molecule is CC(F)[C@H](C)N(Cc1ccccc1)Cc1ccccc1. The van der Waals surface area contributed by atoms with Crippen LogP contribution in [0, 0.1) is 0 Å². The van der Waals surface area contributed by atoms with Gasteiger partial charge in [0.15, 0.2) is 0 Å². The highest BCUT2D eigenvalue weighted by atomic mass is 19.1. The van der Waals surface area contributed by atoms with Crippen molar-refractivity contribution < 1.29 is 4.39 Å². The Morgan fingerprint density at radius 1 is 0.800 bits per heavy atom. The van der Waals surface area contributed by atoms with Crippen molar-refractivity contribution in [1.29, 1.82) is 0 Å². The van der Waals surface area contributed by atoms with Gasteiger partial charge in [-0.25, -0.2) is 4.39 Å². The van der Waals surface area contributed by atoms with Crippen molar-refractivity contribution >= 4 is 0 Å². The maximum atomic E-state index is 13.7. The number of alkyl halides is 1. The summed E-state index contributed by atoms with van der Waals surface area (Å²) in [6, 6.07) is 20.4. The molecule has 0 bridgehead atoms. The number of hydrogen-bond donors (Lipinski definition) is 0.